The van der Waals surface area contributed by atoms with Gasteiger partial charge < -0.3 is 15.3 Å². The summed E-state index contributed by atoms with van der Waals surface area (Å²) in [7, 11) is 3.99. The predicted molar refractivity (Wildman–Crippen MR) is 70.5 cm³/mol. The number of pyridine rings is 1. The van der Waals surface area contributed by atoms with E-state index in [4.69, 9.17) is 0 Å². The lowest BCUT2D eigenvalue weighted by Gasteiger charge is -2.28. The summed E-state index contributed by atoms with van der Waals surface area (Å²) in [6.45, 7) is 4.80. The lowest BCUT2D eigenvalue weighted by molar-refractivity contribution is 0.0934. The summed E-state index contributed by atoms with van der Waals surface area (Å²) in [5.74, 6) is 0.226. The lowest BCUT2D eigenvalue weighted by atomic mass is 10.0. The molecular formula is C13H21N3O2. The molecule has 1 atom stereocenters. The van der Waals surface area contributed by atoms with Gasteiger partial charge >= 0.3 is 0 Å². The van der Waals surface area contributed by atoms with E-state index < -0.39 is 0 Å². The molecule has 0 bridgehead atoms. The van der Waals surface area contributed by atoms with Crippen molar-refractivity contribution in [3.8, 4) is 5.75 Å². The maximum Gasteiger partial charge on any atom is 0.253 e. The van der Waals surface area contributed by atoms with E-state index in [-0.39, 0.29) is 17.7 Å². The van der Waals surface area contributed by atoms with Gasteiger partial charge in [-0.3, -0.25) is 9.78 Å². The number of nitrogens with zero attached hydrogens (tertiary/aromatic N) is 2. The summed E-state index contributed by atoms with van der Waals surface area (Å²) in [5, 5.41) is 12.1. The van der Waals surface area contributed by atoms with Gasteiger partial charge in [-0.25, -0.2) is 0 Å². The second-order valence-corrected chi connectivity index (χ2v) is 4.92. The molecule has 0 saturated heterocycles. The summed E-state index contributed by atoms with van der Waals surface area (Å²) < 4.78 is 0. The highest BCUT2D eigenvalue weighted by Gasteiger charge is 2.17. The summed E-state index contributed by atoms with van der Waals surface area (Å²) in [6.07, 6.45) is 2.74. The van der Waals surface area contributed by atoms with Gasteiger partial charge in [0.25, 0.3) is 5.91 Å². The molecule has 1 aromatic rings. The lowest BCUT2D eigenvalue weighted by Crippen LogP contribution is -2.43. The average Bonchev–Trinajstić information content (AvgIpc) is 2.28. The smallest absolute Gasteiger partial charge is 0.253 e. The summed E-state index contributed by atoms with van der Waals surface area (Å²) in [4.78, 5) is 17.7. The highest BCUT2D eigenvalue weighted by atomic mass is 16.3. The third kappa shape index (κ3) is 4.00. The Morgan fingerprint density at radius 3 is 2.61 bits per heavy atom. The number of rotatable bonds is 5. The summed E-state index contributed by atoms with van der Waals surface area (Å²) >= 11 is 0. The minimum atomic E-state index is -0.217. The van der Waals surface area contributed by atoms with Crippen LogP contribution in [0.5, 0.6) is 5.75 Å². The van der Waals surface area contributed by atoms with Gasteiger partial charge in [-0.05, 0) is 26.1 Å². The van der Waals surface area contributed by atoms with Crippen LogP contribution in [-0.2, 0) is 0 Å². The third-order valence-electron chi connectivity index (χ3n) is 2.89. The molecule has 0 fully saturated rings. The first kappa shape index (κ1) is 14.4. The first-order valence-corrected chi connectivity index (χ1v) is 6.00. The number of aromatic nitrogens is 1. The molecule has 0 aliphatic rings. The van der Waals surface area contributed by atoms with Gasteiger partial charge in [0, 0.05) is 18.8 Å². The second kappa shape index (κ2) is 6.35. The highest BCUT2D eigenvalue weighted by molar-refractivity contribution is 5.94. The SMILES string of the molecule is CC(C)C(CNC(=O)c1cncc(O)c1)N(C)C. The second-order valence-electron chi connectivity index (χ2n) is 4.92. The molecule has 1 unspecified atom stereocenters. The van der Waals surface area contributed by atoms with Gasteiger partial charge in [0.2, 0.25) is 0 Å². The quantitative estimate of drug-likeness (QED) is 0.822. The minimum absolute atomic E-state index is 0.00401. The third-order valence-corrected chi connectivity index (χ3v) is 2.89. The number of carbonyl (C=O) groups is 1. The van der Waals surface area contributed by atoms with E-state index in [1.165, 1.54) is 18.5 Å². The number of amides is 1. The molecule has 1 aromatic heterocycles. The Morgan fingerprint density at radius 1 is 1.44 bits per heavy atom. The molecule has 0 aliphatic carbocycles. The van der Waals surface area contributed by atoms with Gasteiger partial charge in [-0.15, -0.1) is 0 Å². The largest absolute Gasteiger partial charge is 0.506 e. The fraction of sp³-hybridized carbons (Fsp3) is 0.538. The fourth-order valence-electron chi connectivity index (χ4n) is 1.87. The van der Waals surface area contributed by atoms with Crippen molar-refractivity contribution in [3.05, 3.63) is 24.0 Å². The standard InChI is InChI=1S/C13H21N3O2/c1-9(2)12(16(3)4)8-15-13(18)10-5-11(17)7-14-6-10/h5-7,9,12,17H,8H2,1-4H3,(H,15,18). The Kier molecular flexibility index (Phi) is 5.09. The zero-order valence-electron chi connectivity index (χ0n) is 11.3. The van der Waals surface area contributed by atoms with E-state index in [1.807, 2.05) is 14.1 Å². The summed E-state index contributed by atoms with van der Waals surface area (Å²) in [6, 6.07) is 1.68. The average molecular weight is 251 g/mol. The first-order valence-electron chi connectivity index (χ1n) is 6.00. The van der Waals surface area contributed by atoms with Crippen LogP contribution >= 0.6 is 0 Å². The number of aromatic hydroxyl groups is 1. The molecule has 100 valence electrons. The number of carbonyl (C=O) groups excluding carboxylic acids is 1. The normalized spacial score (nSPS) is 12.8. The van der Waals surface area contributed by atoms with E-state index >= 15 is 0 Å². The van der Waals surface area contributed by atoms with Gasteiger partial charge in [-0.2, -0.15) is 0 Å². The van der Waals surface area contributed by atoms with Crippen LogP contribution in [0.25, 0.3) is 0 Å². The van der Waals surface area contributed by atoms with Crippen molar-refractivity contribution < 1.29 is 9.90 Å². The van der Waals surface area contributed by atoms with Crippen LogP contribution in [0.2, 0.25) is 0 Å². The maximum atomic E-state index is 11.9. The molecule has 1 rings (SSSR count). The zero-order chi connectivity index (χ0) is 13.7. The van der Waals surface area contributed by atoms with E-state index in [1.54, 1.807) is 0 Å². The molecule has 0 aliphatic heterocycles. The molecule has 5 heteroatoms. The van der Waals surface area contributed by atoms with E-state index in [2.05, 4.69) is 29.0 Å². The van der Waals surface area contributed by atoms with Gasteiger partial charge in [-0.1, -0.05) is 13.8 Å². The fourth-order valence-corrected chi connectivity index (χ4v) is 1.87. The van der Waals surface area contributed by atoms with Crippen molar-refractivity contribution >= 4 is 5.91 Å². The Labute approximate surface area is 108 Å². The molecular weight excluding hydrogens is 230 g/mol. The summed E-state index contributed by atoms with van der Waals surface area (Å²) in [5.41, 5.74) is 0.372. The highest BCUT2D eigenvalue weighted by Crippen LogP contribution is 2.09. The van der Waals surface area contributed by atoms with Crippen molar-refractivity contribution in [2.75, 3.05) is 20.6 Å². The molecule has 0 saturated carbocycles. The van der Waals surface area contributed by atoms with Crippen LogP contribution in [0.15, 0.2) is 18.5 Å². The van der Waals surface area contributed by atoms with Crippen molar-refractivity contribution in [2.45, 2.75) is 19.9 Å². The van der Waals surface area contributed by atoms with E-state index in [0.29, 0.717) is 18.0 Å². The molecule has 2 N–H and O–H groups in total. The van der Waals surface area contributed by atoms with Crippen molar-refractivity contribution in [1.29, 1.82) is 0 Å². The molecule has 0 spiro atoms. The van der Waals surface area contributed by atoms with Crippen LogP contribution in [0.4, 0.5) is 0 Å². The van der Waals surface area contributed by atoms with Crippen LogP contribution in [0.1, 0.15) is 24.2 Å². The predicted octanol–water partition coefficient (Wildman–Crippen LogP) is 1.10. The van der Waals surface area contributed by atoms with Gasteiger partial charge in [0.05, 0.1) is 11.8 Å². The Bertz CT molecular complexity index is 397. The molecule has 0 aromatic carbocycles. The molecule has 1 heterocycles. The topological polar surface area (TPSA) is 65.5 Å². The molecule has 5 nitrogen and oxygen atoms in total. The number of likely N-dealkylation sites (N-methyl/N-ethyl adjacent to an activating group) is 1. The monoisotopic (exact) mass is 251 g/mol. The minimum Gasteiger partial charge on any atom is -0.506 e. The molecule has 18 heavy (non-hydrogen) atoms. The van der Waals surface area contributed by atoms with Crippen LogP contribution in [-0.4, -0.2) is 47.6 Å². The van der Waals surface area contributed by atoms with E-state index in [9.17, 15) is 9.90 Å². The Balaban J connectivity index is 2.60. The Hall–Kier alpha value is -1.62. The number of hydrogen-bond donors (Lipinski definition) is 2. The number of nitrogens with one attached hydrogen (secondary N) is 1. The van der Waals surface area contributed by atoms with Crippen molar-refractivity contribution in [2.24, 2.45) is 5.92 Å². The molecule has 1 amide bonds. The van der Waals surface area contributed by atoms with Gasteiger partial charge in [0.1, 0.15) is 5.75 Å². The van der Waals surface area contributed by atoms with Crippen LogP contribution < -0.4 is 5.32 Å². The zero-order valence-corrected chi connectivity index (χ0v) is 11.3. The van der Waals surface area contributed by atoms with Crippen LogP contribution in [0.3, 0.4) is 0 Å². The molecule has 0 radical (unpaired) electrons. The Morgan fingerprint density at radius 2 is 2.11 bits per heavy atom. The first-order chi connectivity index (χ1) is 8.41. The van der Waals surface area contributed by atoms with Gasteiger partial charge in [0.15, 0.2) is 0 Å². The van der Waals surface area contributed by atoms with E-state index in [0.717, 1.165) is 0 Å². The van der Waals surface area contributed by atoms with Crippen molar-refractivity contribution in [3.63, 3.8) is 0 Å². The number of hydrogen-bond acceptors (Lipinski definition) is 4. The maximum absolute atomic E-state index is 11.9. The van der Waals surface area contributed by atoms with Crippen LogP contribution in [0, 0.1) is 5.92 Å². The van der Waals surface area contributed by atoms with Crippen molar-refractivity contribution in [1.82, 2.24) is 15.2 Å².